The average molecular weight is 620 g/mol. The molecule has 1 atom stereocenters. The van der Waals surface area contributed by atoms with Crippen molar-refractivity contribution in [1.82, 2.24) is 14.5 Å². The first kappa shape index (κ1) is 30.3. The maximum Gasteiger partial charge on any atom is 0.416 e. The molecule has 1 aliphatic rings. The van der Waals surface area contributed by atoms with Crippen LogP contribution in [-0.4, -0.2) is 40.8 Å². The number of pyridine rings is 1. The largest absolute Gasteiger partial charge is 0.473 e. The number of nitrogens with zero attached hydrogens (tertiary/aromatic N) is 3. The molecule has 5 aromatic rings. The summed E-state index contributed by atoms with van der Waals surface area (Å²) >= 11 is 0. The number of carbonyl (C=O) groups excluding carboxylic acids is 1. The summed E-state index contributed by atoms with van der Waals surface area (Å²) in [5.74, 6) is 0.0375. The highest BCUT2D eigenvalue weighted by Gasteiger charge is 2.31. The first-order valence-corrected chi connectivity index (χ1v) is 14.4. The van der Waals surface area contributed by atoms with E-state index in [0.29, 0.717) is 36.3 Å². The fourth-order valence-electron chi connectivity index (χ4n) is 5.37. The second-order valence-corrected chi connectivity index (χ2v) is 10.9. The highest BCUT2D eigenvalue weighted by Crippen LogP contribution is 2.31. The maximum absolute atomic E-state index is 14.2. The number of rotatable bonds is 9. The molecule has 232 valence electrons. The van der Waals surface area contributed by atoms with Gasteiger partial charge in [0.05, 0.1) is 41.6 Å². The lowest BCUT2D eigenvalue weighted by Gasteiger charge is -2.14. The Morgan fingerprint density at radius 2 is 1.84 bits per heavy atom. The number of fused-ring (bicyclic) bond motifs is 1. The molecule has 0 bridgehead atoms. The summed E-state index contributed by atoms with van der Waals surface area (Å²) in [6.45, 7) is 1.86. The van der Waals surface area contributed by atoms with Crippen molar-refractivity contribution in [3.05, 3.63) is 113 Å². The standard InChI is InChI=1S/C34H29F4N3O4/c1-43-33(42)24-10-12-29-30(16-24)41(18-22-13-14-44-19-22)31(39-29)15-21-5-7-23(8-6-21)28-3-2-4-32(40-28)45-20-25-9-11-26(17-27(25)35)34(36,37)38/h2-12,16-17,22H,13-15,18-20H2,1H3. The van der Waals surface area contributed by atoms with Crippen molar-refractivity contribution >= 4 is 17.0 Å². The molecule has 45 heavy (non-hydrogen) atoms. The Balaban J connectivity index is 1.19. The van der Waals surface area contributed by atoms with Crippen LogP contribution >= 0.6 is 0 Å². The molecule has 1 unspecified atom stereocenters. The summed E-state index contributed by atoms with van der Waals surface area (Å²) in [6, 6.07) is 20.7. The molecule has 0 spiro atoms. The molecule has 7 nitrogen and oxygen atoms in total. The van der Waals surface area contributed by atoms with Crippen LogP contribution in [0.1, 0.15) is 39.3 Å². The number of ether oxygens (including phenoxy) is 3. The van der Waals surface area contributed by atoms with E-state index in [-0.39, 0.29) is 18.1 Å². The third-order valence-electron chi connectivity index (χ3n) is 7.80. The number of carbonyl (C=O) groups is 1. The van der Waals surface area contributed by atoms with Crippen LogP contribution in [-0.2, 0) is 35.2 Å². The van der Waals surface area contributed by atoms with Crippen molar-refractivity contribution in [2.75, 3.05) is 20.3 Å². The van der Waals surface area contributed by atoms with Crippen LogP contribution in [0.4, 0.5) is 17.6 Å². The third-order valence-corrected chi connectivity index (χ3v) is 7.80. The monoisotopic (exact) mass is 619 g/mol. The Labute approximate surface area is 256 Å². The normalized spacial score (nSPS) is 15.0. The highest BCUT2D eigenvalue weighted by atomic mass is 19.4. The molecule has 6 rings (SSSR count). The Bertz CT molecular complexity index is 1830. The number of esters is 1. The maximum atomic E-state index is 14.2. The Kier molecular flexibility index (Phi) is 8.53. The Morgan fingerprint density at radius 3 is 2.56 bits per heavy atom. The minimum Gasteiger partial charge on any atom is -0.473 e. The van der Waals surface area contributed by atoms with Crippen molar-refractivity contribution in [1.29, 1.82) is 0 Å². The number of halogens is 4. The Morgan fingerprint density at radius 1 is 1.02 bits per heavy atom. The van der Waals surface area contributed by atoms with Crippen LogP contribution in [0.2, 0.25) is 0 Å². The molecular weight excluding hydrogens is 590 g/mol. The average Bonchev–Trinajstić information content (AvgIpc) is 3.68. The Hall–Kier alpha value is -4.77. The van der Waals surface area contributed by atoms with Gasteiger partial charge in [-0.05, 0) is 48.4 Å². The molecule has 0 saturated carbocycles. The van der Waals surface area contributed by atoms with E-state index in [4.69, 9.17) is 19.2 Å². The van der Waals surface area contributed by atoms with Gasteiger partial charge in [0.25, 0.3) is 0 Å². The summed E-state index contributed by atoms with van der Waals surface area (Å²) in [5.41, 5.74) is 3.54. The number of methoxy groups -OCH3 is 1. The summed E-state index contributed by atoms with van der Waals surface area (Å²) in [4.78, 5) is 21.6. The van der Waals surface area contributed by atoms with E-state index in [0.717, 1.165) is 59.7 Å². The lowest BCUT2D eigenvalue weighted by Crippen LogP contribution is -2.14. The van der Waals surface area contributed by atoms with Crippen molar-refractivity contribution in [3.8, 4) is 17.1 Å². The minimum absolute atomic E-state index is 0.00689. The van der Waals surface area contributed by atoms with E-state index in [1.165, 1.54) is 7.11 Å². The second-order valence-electron chi connectivity index (χ2n) is 10.9. The SMILES string of the molecule is COC(=O)c1ccc2nc(Cc3ccc(-c4cccc(OCc5ccc(C(F)(F)F)cc5F)n4)cc3)n(CC3CCOC3)c2c1. The first-order chi connectivity index (χ1) is 21.7. The molecule has 3 aromatic carbocycles. The van der Waals surface area contributed by atoms with Gasteiger partial charge in [-0.1, -0.05) is 36.4 Å². The van der Waals surface area contributed by atoms with Gasteiger partial charge >= 0.3 is 12.1 Å². The van der Waals surface area contributed by atoms with Crippen molar-refractivity contribution in [3.63, 3.8) is 0 Å². The predicted octanol–water partition coefficient (Wildman–Crippen LogP) is 7.25. The molecule has 1 aliphatic heterocycles. The van der Waals surface area contributed by atoms with Crippen molar-refractivity contribution < 1.29 is 36.6 Å². The fraction of sp³-hybridized carbons (Fsp3) is 0.265. The van der Waals surface area contributed by atoms with Gasteiger partial charge in [0, 0.05) is 42.7 Å². The quantitative estimate of drug-likeness (QED) is 0.128. The summed E-state index contributed by atoms with van der Waals surface area (Å²) in [7, 11) is 1.36. The van der Waals surface area contributed by atoms with Crippen LogP contribution in [0.5, 0.6) is 5.88 Å². The van der Waals surface area contributed by atoms with Gasteiger partial charge < -0.3 is 18.8 Å². The molecule has 0 radical (unpaired) electrons. The van der Waals surface area contributed by atoms with E-state index in [1.54, 1.807) is 18.2 Å². The van der Waals surface area contributed by atoms with Crippen LogP contribution in [0, 0.1) is 11.7 Å². The molecule has 0 N–H and O–H groups in total. The lowest BCUT2D eigenvalue weighted by atomic mass is 10.1. The third kappa shape index (κ3) is 6.83. The molecule has 11 heteroatoms. The van der Waals surface area contributed by atoms with Crippen LogP contribution in [0.25, 0.3) is 22.3 Å². The smallest absolute Gasteiger partial charge is 0.416 e. The molecule has 1 saturated heterocycles. The van der Waals surface area contributed by atoms with Crippen LogP contribution in [0.3, 0.4) is 0 Å². The van der Waals surface area contributed by atoms with Crippen molar-refractivity contribution in [2.45, 2.75) is 32.2 Å². The summed E-state index contributed by atoms with van der Waals surface area (Å²) in [5, 5.41) is 0. The number of hydrogen-bond acceptors (Lipinski definition) is 6. The zero-order valence-corrected chi connectivity index (χ0v) is 24.3. The summed E-state index contributed by atoms with van der Waals surface area (Å²) < 4.78 is 71.1. The number of imidazole rings is 1. The van der Waals surface area contributed by atoms with Crippen LogP contribution < -0.4 is 4.74 Å². The molecule has 2 aromatic heterocycles. The van der Waals surface area contributed by atoms with E-state index in [1.807, 2.05) is 42.5 Å². The van der Waals surface area contributed by atoms with Crippen LogP contribution in [0.15, 0.2) is 78.9 Å². The van der Waals surface area contributed by atoms with E-state index in [9.17, 15) is 22.4 Å². The first-order valence-electron chi connectivity index (χ1n) is 14.4. The molecule has 3 heterocycles. The van der Waals surface area contributed by atoms with E-state index >= 15 is 0 Å². The van der Waals surface area contributed by atoms with E-state index in [2.05, 4.69) is 9.55 Å². The van der Waals surface area contributed by atoms with Gasteiger partial charge in [0.2, 0.25) is 5.88 Å². The highest BCUT2D eigenvalue weighted by molar-refractivity contribution is 5.93. The van der Waals surface area contributed by atoms with Crippen molar-refractivity contribution in [2.24, 2.45) is 5.92 Å². The lowest BCUT2D eigenvalue weighted by molar-refractivity contribution is -0.137. The molecular formula is C34H29F4N3O4. The zero-order valence-electron chi connectivity index (χ0n) is 24.3. The van der Waals surface area contributed by atoms with Gasteiger partial charge in [-0.25, -0.2) is 19.2 Å². The predicted molar refractivity (Wildman–Crippen MR) is 158 cm³/mol. The summed E-state index contributed by atoms with van der Waals surface area (Å²) in [6.07, 6.45) is -3.10. The second kappa shape index (κ2) is 12.7. The number of alkyl halides is 3. The van der Waals surface area contributed by atoms with Gasteiger partial charge in [-0.2, -0.15) is 13.2 Å². The van der Waals surface area contributed by atoms with Gasteiger partial charge in [-0.15, -0.1) is 0 Å². The zero-order chi connectivity index (χ0) is 31.6. The number of benzene rings is 3. The van der Waals surface area contributed by atoms with Gasteiger partial charge in [0.1, 0.15) is 18.2 Å². The number of aromatic nitrogens is 3. The minimum atomic E-state index is -4.62. The van der Waals surface area contributed by atoms with Gasteiger partial charge in [-0.3, -0.25) is 0 Å². The van der Waals surface area contributed by atoms with Gasteiger partial charge in [0.15, 0.2) is 0 Å². The van der Waals surface area contributed by atoms with E-state index < -0.39 is 23.5 Å². The topological polar surface area (TPSA) is 75.5 Å². The number of hydrogen-bond donors (Lipinski definition) is 0. The molecule has 1 fully saturated rings. The molecule has 0 aliphatic carbocycles. The molecule has 0 amide bonds. The fourth-order valence-corrected chi connectivity index (χ4v) is 5.37.